The minimum atomic E-state index is -0.189. The molecule has 2 aromatic heterocycles. The number of aromatic nitrogens is 3. The number of pyridine rings is 1. The maximum absolute atomic E-state index is 12.7. The van der Waals surface area contributed by atoms with Crippen LogP contribution in [0.1, 0.15) is 52.4 Å². The number of para-hydroxylation sites is 1. The summed E-state index contributed by atoms with van der Waals surface area (Å²) in [6, 6.07) is 11.8. The number of carbonyl (C=O) groups excluding carboxylic acids is 1. The van der Waals surface area contributed by atoms with Gasteiger partial charge in [0.15, 0.2) is 11.5 Å². The van der Waals surface area contributed by atoms with Crippen molar-refractivity contribution in [2.45, 2.75) is 53.1 Å². The molecule has 0 bridgehead atoms. The Morgan fingerprint density at radius 2 is 1.63 bits per heavy atom. The molecule has 2 heterocycles. The molecule has 0 atom stereocenters. The average molecular weight is 582 g/mol. The summed E-state index contributed by atoms with van der Waals surface area (Å²) in [5.41, 5.74) is 8.72. The normalized spacial score (nSPS) is 12.7. The number of aryl methyl sites for hydroxylation is 4. The minimum Gasteiger partial charge on any atom is -0.493 e. The van der Waals surface area contributed by atoms with E-state index in [1.165, 1.54) is 30.2 Å². The van der Waals surface area contributed by atoms with Gasteiger partial charge in [0.25, 0.3) is 0 Å². The van der Waals surface area contributed by atoms with Gasteiger partial charge in [-0.05, 0) is 81.9 Å². The first-order valence-electron chi connectivity index (χ1n) is 14.7. The molecule has 1 aliphatic carbocycles. The number of methoxy groups -OCH3 is 2. The van der Waals surface area contributed by atoms with Crippen LogP contribution in [0.25, 0.3) is 17.0 Å². The summed E-state index contributed by atoms with van der Waals surface area (Å²) in [6.07, 6.45) is 7.62. The molecule has 0 saturated heterocycles. The molecule has 0 spiro atoms. The van der Waals surface area contributed by atoms with Gasteiger partial charge in [0.05, 0.1) is 42.5 Å². The van der Waals surface area contributed by atoms with E-state index in [4.69, 9.17) is 19.2 Å². The number of anilines is 1. The highest BCUT2D eigenvalue weighted by Gasteiger charge is 2.18. The maximum atomic E-state index is 12.7. The predicted molar refractivity (Wildman–Crippen MR) is 169 cm³/mol. The van der Waals surface area contributed by atoms with Gasteiger partial charge in [0, 0.05) is 35.9 Å². The zero-order valence-corrected chi connectivity index (χ0v) is 25.5. The third kappa shape index (κ3) is 6.88. The van der Waals surface area contributed by atoms with Crippen molar-refractivity contribution in [1.82, 2.24) is 20.3 Å². The number of nitrogens with one attached hydrogen (secondary N) is 2. The summed E-state index contributed by atoms with van der Waals surface area (Å²) in [7, 11) is 3.14. The third-order valence-electron chi connectivity index (χ3n) is 7.74. The summed E-state index contributed by atoms with van der Waals surface area (Å²) in [5, 5.41) is 7.67. The van der Waals surface area contributed by atoms with Crippen molar-refractivity contribution in [3.8, 4) is 17.2 Å². The molecule has 0 aliphatic heterocycles. The number of fused-ring (bicyclic) bond motifs is 2. The summed E-state index contributed by atoms with van der Waals surface area (Å²) in [5.74, 6) is 1.25. The van der Waals surface area contributed by atoms with E-state index in [1.807, 2.05) is 32.9 Å². The molecular weight excluding hydrogens is 542 g/mol. The number of hydrogen-bond acceptors (Lipinski definition) is 8. The van der Waals surface area contributed by atoms with Crippen LogP contribution in [0.3, 0.4) is 0 Å². The van der Waals surface area contributed by atoms with Crippen molar-refractivity contribution in [2.75, 3.05) is 32.6 Å². The lowest BCUT2D eigenvalue weighted by molar-refractivity contribution is -0.116. The van der Waals surface area contributed by atoms with E-state index >= 15 is 0 Å². The van der Waals surface area contributed by atoms with E-state index in [9.17, 15) is 4.79 Å². The van der Waals surface area contributed by atoms with Crippen LogP contribution in [0.2, 0.25) is 0 Å². The summed E-state index contributed by atoms with van der Waals surface area (Å²) >= 11 is 0. The van der Waals surface area contributed by atoms with Crippen molar-refractivity contribution in [1.29, 1.82) is 0 Å². The number of carbonyl (C=O) groups is 1. The Morgan fingerprint density at radius 3 is 2.40 bits per heavy atom. The number of rotatable bonds is 11. The van der Waals surface area contributed by atoms with E-state index in [1.54, 1.807) is 32.4 Å². The van der Waals surface area contributed by atoms with Gasteiger partial charge in [0.1, 0.15) is 6.61 Å². The number of benzene rings is 2. The molecule has 9 nitrogen and oxygen atoms in total. The Morgan fingerprint density at radius 1 is 0.907 bits per heavy atom. The Bertz CT molecular complexity index is 1640. The number of ether oxygens (including phenoxy) is 3. The van der Waals surface area contributed by atoms with Crippen LogP contribution in [-0.2, 0) is 24.2 Å². The van der Waals surface area contributed by atoms with Crippen molar-refractivity contribution in [2.24, 2.45) is 0 Å². The average Bonchev–Trinajstić information content (AvgIpc) is 3.02. The lowest BCUT2D eigenvalue weighted by Gasteiger charge is -2.21. The zero-order valence-electron chi connectivity index (χ0n) is 25.5. The standard InChI is InChI=1S/C34H39N5O4/c1-21-22(2)38-29(23(3)37-21)20-43-34-30(41-4)18-24(19-31(34)42-5)14-15-32(40)35-16-17-36-33-25-10-6-8-12-27(25)39-28-13-9-7-11-26(28)33/h6,8,10,12,14-15,18-19H,7,9,11,13,16-17,20H2,1-5H3,(H,35,40)(H,36,39)/b15-14+. The highest BCUT2D eigenvalue weighted by molar-refractivity contribution is 5.94. The van der Waals surface area contributed by atoms with E-state index in [-0.39, 0.29) is 12.5 Å². The van der Waals surface area contributed by atoms with Gasteiger partial charge < -0.3 is 24.8 Å². The Labute approximate surface area is 252 Å². The second-order valence-electron chi connectivity index (χ2n) is 10.7. The topological polar surface area (TPSA) is 107 Å². The minimum absolute atomic E-state index is 0.189. The number of amides is 1. The molecule has 0 unspecified atom stereocenters. The first-order valence-corrected chi connectivity index (χ1v) is 14.7. The van der Waals surface area contributed by atoms with Gasteiger partial charge >= 0.3 is 0 Å². The molecule has 1 aliphatic rings. The van der Waals surface area contributed by atoms with Crippen molar-refractivity contribution < 1.29 is 19.0 Å². The van der Waals surface area contributed by atoms with Gasteiger partial charge in [-0.1, -0.05) is 18.2 Å². The molecule has 2 aromatic carbocycles. The van der Waals surface area contributed by atoms with Gasteiger partial charge in [-0.15, -0.1) is 0 Å². The maximum Gasteiger partial charge on any atom is 0.244 e. The van der Waals surface area contributed by atoms with Crippen molar-refractivity contribution >= 4 is 28.6 Å². The monoisotopic (exact) mass is 581 g/mol. The first kappa shape index (κ1) is 29.8. The summed E-state index contributed by atoms with van der Waals surface area (Å²) < 4.78 is 17.3. The summed E-state index contributed by atoms with van der Waals surface area (Å²) in [6.45, 7) is 7.08. The quantitative estimate of drug-likeness (QED) is 0.172. The Hall–Kier alpha value is -4.66. The van der Waals surface area contributed by atoms with Crippen molar-refractivity contribution in [3.63, 3.8) is 0 Å². The van der Waals surface area contributed by atoms with Gasteiger partial charge in [-0.2, -0.15) is 0 Å². The van der Waals surface area contributed by atoms with Crippen LogP contribution in [0, 0.1) is 20.8 Å². The molecule has 2 N–H and O–H groups in total. The largest absolute Gasteiger partial charge is 0.493 e. The highest BCUT2D eigenvalue weighted by atomic mass is 16.5. The SMILES string of the molecule is COc1cc(/C=C/C(=O)NCCNc2c3c(nc4ccccc24)CCCC3)cc(OC)c1OCc1nc(C)c(C)nc1C. The molecule has 43 heavy (non-hydrogen) atoms. The van der Waals surface area contributed by atoms with Gasteiger partial charge in [0.2, 0.25) is 11.7 Å². The Kier molecular flexibility index (Phi) is 9.39. The molecule has 0 saturated carbocycles. The Balaban J connectivity index is 1.21. The van der Waals surface area contributed by atoms with Crippen LogP contribution in [-0.4, -0.2) is 48.2 Å². The van der Waals surface area contributed by atoms with Crippen LogP contribution in [0.4, 0.5) is 5.69 Å². The van der Waals surface area contributed by atoms with E-state index < -0.39 is 0 Å². The molecule has 0 fully saturated rings. The lowest BCUT2D eigenvalue weighted by Crippen LogP contribution is -2.27. The van der Waals surface area contributed by atoms with Crippen LogP contribution in [0.5, 0.6) is 17.2 Å². The second-order valence-corrected chi connectivity index (χ2v) is 10.7. The fourth-order valence-corrected chi connectivity index (χ4v) is 5.36. The first-order chi connectivity index (χ1) is 20.9. The van der Waals surface area contributed by atoms with E-state index in [0.717, 1.165) is 57.8 Å². The predicted octanol–water partition coefficient (Wildman–Crippen LogP) is 5.67. The highest BCUT2D eigenvalue weighted by Crippen LogP contribution is 2.39. The smallest absolute Gasteiger partial charge is 0.244 e. The molecule has 1 amide bonds. The number of nitrogens with zero attached hydrogens (tertiary/aromatic N) is 3. The molecule has 224 valence electrons. The number of hydrogen-bond donors (Lipinski definition) is 2. The molecule has 4 aromatic rings. The third-order valence-corrected chi connectivity index (χ3v) is 7.74. The van der Waals surface area contributed by atoms with E-state index in [0.29, 0.717) is 30.3 Å². The fraction of sp³-hybridized carbons (Fsp3) is 0.353. The van der Waals surface area contributed by atoms with Crippen molar-refractivity contribution in [3.05, 3.63) is 82.1 Å². The van der Waals surface area contributed by atoms with E-state index in [2.05, 4.69) is 32.7 Å². The molecular formula is C34H39N5O4. The molecule has 0 radical (unpaired) electrons. The van der Waals surface area contributed by atoms with Gasteiger partial charge in [-0.25, -0.2) is 0 Å². The molecule has 9 heteroatoms. The second kappa shape index (κ2) is 13.5. The molecule has 5 rings (SSSR count). The van der Waals surface area contributed by atoms with Crippen LogP contribution >= 0.6 is 0 Å². The van der Waals surface area contributed by atoms with Gasteiger partial charge in [-0.3, -0.25) is 19.7 Å². The van der Waals surface area contributed by atoms with Crippen LogP contribution in [0.15, 0.2) is 42.5 Å². The van der Waals surface area contributed by atoms with Crippen LogP contribution < -0.4 is 24.8 Å². The zero-order chi connectivity index (χ0) is 30.3. The lowest BCUT2D eigenvalue weighted by atomic mass is 9.92. The summed E-state index contributed by atoms with van der Waals surface area (Å²) in [4.78, 5) is 26.7. The fourth-order valence-electron chi connectivity index (χ4n) is 5.36.